The molecule has 1 atom stereocenters. The first-order valence-corrected chi connectivity index (χ1v) is 14.1. The van der Waals surface area contributed by atoms with Crippen LogP contribution in [0.4, 0.5) is 0 Å². The first-order valence-electron chi connectivity index (χ1n) is 9.83. The predicted octanol–water partition coefficient (Wildman–Crippen LogP) is 7.88. The molecule has 25 heavy (non-hydrogen) atoms. The molecule has 0 spiro atoms. The number of hydrogen-bond donors (Lipinski definition) is 0. The monoisotopic (exact) mass is 458 g/mol. The van der Waals surface area contributed by atoms with Crippen molar-refractivity contribution in [3.8, 4) is 0 Å². The van der Waals surface area contributed by atoms with Crippen LogP contribution in [0.15, 0.2) is 12.7 Å². The first-order chi connectivity index (χ1) is 11.7. The van der Waals surface area contributed by atoms with Crippen LogP contribution in [0, 0.1) is 0 Å². The predicted molar refractivity (Wildman–Crippen MR) is 116 cm³/mol. The van der Waals surface area contributed by atoms with Crippen molar-refractivity contribution < 1.29 is 28.5 Å². The smallest absolute Gasteiger partial charge is 0.247 e. The number of hydrogen-bond acceptors (Lipinski definition) is 4. The van der Waals surface area contributed by atoms with Gasteiger partial charge >= 0.3 is 0 Å². The van der Waals surface area contributed by atoms with Crippen molar-refractivity contribution in [3.63, 3.8) is 0 Å². The Morgan fingerprint density at radius 1 is 0.840 bits per heavy atom. The second kappa shape index (κ2) is 21.6. The molecule has 0 N–H and O–H groups in total. The molecule has 0 aliphatic rings. The molecule has 1 unspecified atom stereocenters. The van der Waals surface area contributed by atoms with E-state index in [4.69, 9.17) is 20.9 Å². The van der Waals surface area contributed by atoms with Gasteiger partial charge in [0.1, 0.15) is 0 Å². The minimum absolute atomic E-state index is 0. The van der Waals surface area contributed by atoms with Crippen LogP contribution in [0.3, 0.4) is 0 Å². The van der Waals surface area contributed by atoms with Gasteiger partial charge in [-0.15, -0.1) is 6.58 Å². The molecule has 0 heterocycles. The van der Waals surface area contributed by atoms with Gasteiger partial charge in [0.2, 0.25) is 5.69 Å². The van der Waals surface area contributed by atoms with E-state index in [2.05, 4.69) is 20.4 Å². The van der Waals surface area contributed by atoms with Crippen LogP contribution in [0.2, 0.25) is 0 Å². The van der Waals surface area contributed by atoms with Crippen molar-refractivity contribution in [1.82, 2.24) is 0 Å². The molecule has 0 saturated heterocycles. The summed E-state index contributed by atoms with van der Waals surface area (Å²) in [5.41, 5.74) is -2.18. The van der Waals surface area contributed by atoms with Gasteiger partial charge in [-0.3, -0.25) is 0 Å². The Morgan fingerprint density at radius 3 is 1.92 bits per heavy atom. The summed E-state index contributed by atoms with van der Waals surface area (Å²) in [5, 5.41) is 0. The minimum Gasteiger partial charge on any atom is -0.322 e. The van der Waals surface area contributed by atoms with Crippen LogP contribution in [0.5, 0.6) is 0 Å². The fourth-order valence-electron chi connectivity index (χ4n) is 2.37. The maximum absolute atomic E-state index is 6.00. The van der Waals surface area contributed by atoms with E-state index in [9.17, 15) is 0 Å². The van der Waals surface area contributed by atoms with Gasteiger partial charge in [-0.05, 0) is 24.6 Å². The Morgan fingerprint density at radius 2 is 1.36 bits per heavy atom. The third-order valence-corrected chi connectivity index (χ3v) is 9.31. The first kappa shape index (κ1) is 28.5. The van der Waals surface area contributed by atoms with E-state index in [1.165, 1.54) is 70.6 Å². The summed E-state index contributed by atoms with van der Waals surface area (Å²) in [6, 6.07) is 0. The molecule has 0 fully saturated rings. The van der Waals surface area contributed by atoms with E-state index < -0.39 is 5.69 Å². The summed E-state index contributed by atoms with van der Waals surface area (Å²) < 4.78 is 11.8. The molecular weight excluding hydrogens is 421 g/mol. The zero-order valence-electron chi connectivity index (χ0n) is 16.7. The largest absolute Gasteiger partial charge is 0.322 e. The zero-order chi connectivity index (χ0) is 17.9. The molecular formula is C19H39O2PS2Zn. The third kappa shape index (κ3) is 19.8. The minimum atomic E-state index is -2.18. The Kier molecular flexibility index (Phi) is 24.6. The van der Waals surface area contributed by atoms with E-state index >= 15 is 0 Å². The molecule has 0 aliphatic heterocycles. The molecule has 0 aromatic heterocycles. The summed E-state index contributed by atoms with van der Waals surface area (Å²) in [7, 11) is 0. The molecule has 0 aliphatic carbocycles. The average Bonchev–Trinajstić information content (AvgIpc) is 2.58. The molecule has 6 heteroatoms. The van der Waals surface area contributed by atoms with Gasteiger partial charge in [-0.2, -0.15) is 0 Å². The summed E-state index contributed by atoms with van der Waals surface area (Å²) in [6.45, 7) is 9.46. The normalized spacial score (nSPS) is 13.2. The van der Waals surface area contributed by atoms with Crippen LogP contribution in [0.25, 0.3) is 0 Å². The topological polar surface area (TPSA) is 18.5 Å². The SMILES string of the molecule is C=CCOP(=S)(OCCCCCCCC)SCCCCCCCC.[Zn]. The fraction of sp³-hybridized carbons (Fsp3) is 0.895. The van der Waals surface area contributed by atoms with E-state index in [0.717, 1.165) is 18.8 Å². The molecule has 0 bridgehead atoms. The van der Waals surface area contributed by atoms with Crippen LogP contribution in [0.1, 0.15) is 90.9 Å². The molecule has 0 saturated carbocycles. The van der Waals surface area contributed by atoms with E-state index in [0.29, 0.717) is 6.61 Å². The summed E-state index contributed by atoms with van der Waals surface area (Å²) in [6.07, 6.45) is 17.2. The molecule has 0 aromatic rings. The van der Waals surface area contributed by atoms with Crippen LogP contribution < -0.4 is 0 Å². The molecule has 0 aromatic carbocycles. The Hall–Kier alpha value is 1.28. The molecule has 2 nitrogen and oxygen atoms in total. The van der Waals surface area contributed by atoms with Gasteiger partial charge in [0.15, 0.2) is 0 Å². The molecule has 146 valence electrons. The molecule has 0 radical (unpaired) electrons. The number of rotatable bonds is 19. The molecule has 0 amide bonds. The average molecular weight is 460 g/mol. The van der Waals surface area contributed by atoms with Crippen molar-refractivity contribution in [2.75, 3.05) is 19.0 Å². The second-order valence-electron chi connectivity index (χ2n) is 6.23. The quantitative estimate of drug-likeness (QED) is 0.0845. The summed E-state index contributed by atoms with van der Waals surface area (Å²) in [4.78, 5) is 0. The van der Waals surface area contributed by atoms with Gasteiger partial charge < -0.3 is 9.05 Å². The van der Waals surface area contributed by atoms with Crippen molar-refractivity contribution in [2.24, 2.45) is 0 Å². The molecule has 0 rings (SSSR count). The fourth-order valence-corrected chi connectivity index (χ4v) is 6.78. The standard InChI is InChI=1S/C19H39O2PS2.Zn/c1-4-7-9-11-13-15-18-21-22(23,20-17-6-3)24-19-16-14-12-10-8-5-2;/h6H,3-5,7-19H2,1-2H3;. The van der Waals surface area contributed by atoms with Crippen LogP contribution in [-0.4, -0.2) is 19.0 Å². The van der Waals surface area contributed by atoms with Crippen molar-refractivity contribution in [3.05, 3.63) is 12.7 Å². The van der Waals surface area contributed by atoms with Gasteiger partial charge in [0, 0.05) is 25.2 Å². The van der Waals surface area contributed by atoms with E-state index in [-0.39, 0.29) is 19.5 Å². The van der Waals surface area contributed by atoms with Gasteiger partial charge in [0.05, 0.1) is 13.2 Å². The second-order valence-corrected chi connectivity index (χ2v) is 12.7. The summed E-state index contributed by atoms with van der Waals surface area (Å²) >= 11 is 7.42. The van der Waals surface area contributed by atoms with Crippen LogP contribution >= 0.6 is 17.1 Å². The Bertz CT molecular complexity index is 309. The van der Waals surface area contributed by atoms with E-state index in [1.807, 2.05) is 0 Å². The summed E-state index contributed by atoms with van der Waals surface area (Å²) in [5.74, 6) is 1.05. The van der Waals surface area contributed by atoms with Crippen molar-refractivity contribution >= 4 is 28.9 Å². The maximum atomic E-state index is 6.00. The Balaban J connectivity index is 0. The van der Waals surface area contributed by atoms with Crippen molar-refractivity contribution in [1.29, 1.82) is 0 Å². The van der Waals surface area contributed by atoms with Gasteiger partial charge in [-0.25, -0.2) is 0 Å². The maximum Gasteiger partial charge on any atom is 0.247 e. The van der Waals surface area contributed by atoms with Crippen LogP contribution in [-0.2, 0) is 40.3 Å². The number of unbranched alkanes of at least 4 members (excludes halogenated alkanes) is 10. The zero-order valence-corrected chi connectivity index (χ0v) is 22.2. The van der Waals surface area contributed by atoms with Crippen molar-refractivity contribution in [2.45, 2.75) is 90.9 Å². The van der Waals surface area contributed by atoms with Gasteiger partial charge in [-0.1, -0.05) is 95.5 Å². The third-order valence-electron chi connectivity index (χ3n) is 3.85. The van der Waals surface area contributed by atoms with Gasteiger partial charge in [0.25, 0.3) is 0 Å². The van der Waals surface area contributed by atoms with E-state index in [1.54, 1.807) is 17.5 Å². The Labute approximate surface area is 179 Å².